The van der Waals surface area contributed by atoms with E-state index in [-0.39, 0.29) is 5.54 Å². The van der Waals surface area contributed by atoms with Gasteiger partial charge in [-0.05, 0) is 37.8 Å². The molecular formula is C11H14ClN. The Labute approximate surface area is 83.9 Å². The van der Waals surface area contributed by atoms with Crippen molar-refractivity contribution in [3.8, 4) is 0 Å². The lowest BCUT2D eigenvalue weighted by Gasteiger charge is -2.14. The van der Waals surface area contributed by atoms with Crippen molar-refractivity contribution in [3.63, 3.8) is 0 Å². The fraction of sp³-hybridized carbons (Fsp3) is 0.455. The van der Waals surface area contributed by atoms with Gasteiger partial charge in [0, 0.05) is 10.6 Å². The van der Waals surface area contributed by atoms with Crippen LogP contribution in [0.15, 0.2) is 12.1 Å². The van der Waals surface area contributed by atoms with Crippen molar-refractivity contribution in [1.29, 1.82) is 0 Å². The van der Waals surface area contributed by atoms with Crippen LogP contribution in [0.25, 0.3) is 0 Å². The highest BCUT2D eigenvalue weighted by atomic mass is 35.5. The van der Waals surface area contributed by atoms with Gasteiger partial charge in [-0.15, -0.1) is 0 Å². The van der Waals surface area contributed by atoms with Crippen LogP contribution in [0.5, 0.6) is 0 Å². The third-order valence-corrected chi connectivity index (χ3v) is 3.23. The molecule has 0 bridgehead atoms. The minimum Gasteiger partial charge on any atom is -0.321 e. The molecule has 1 aromatic carbocycles. The van der Waals surface area contributed by atoms with Crippen molar-refractivity contribution in [2.75, 3.05) is 0 Å². The number of hydrogen-bond donors (Lipinski definition) is 1. The number of aryl methyl sites for hydroxylation is 2. The zero-order valence-corrected chi connectivity index (χ0v) is 8.78. The lowest BCUT2D eigenvalue weighted by atomic mass is 10.0. The van der Waals surface area contributed by atoms with E-state index in [0.717, 1.165) is 29.0 Å². The lowest BCUT2D eigenvalue weighted by molar-refractivity contribution is 0.738. The third kappa shape index (κ3) is 1.47. The van der Waals surface area contributed by atoms with Gasteiger partial charge in [-0.25, -0.2) is 0 Å². The maximum Gasteiger partial charge on any atom is 0.0485 e. The molecule has 1 fully saturated rings. The second-order valence-electron chi connectivity index (χ2n) is 4.10. The quantitative estimate of drug-likeness (QED) is 0.733. The van der Waals surface area contributed by atoms with Gasteiger partial charge in [0.25, 0.3) is 0 Å². The van der Waals surface area contributed by atoms with E-state index in [1.54, 1.807) is 0 Å². The maximum atomic E-state index is 6.21. The first-order chi connectivity index (χ1) is 6.03. The summed E-state index contributed by atoms with van der Waals surface area (Å²) in [6, 6.07) is 4.21. The minimum absolute atomic E-state index is 0.117. The average molecular weight is 196 g/mol. The van der Waals surface area contributed by atoms with Crippen molar-refractivity contribution in [3.05, 3.63) is 33.8 Å². The van der Waals surface area contributed by atoms with E-state index in [1.165, 1.54) is 5.56 Å². The Kier molecular flexibility index (Phi) is 1.90. The van der Waals surface area contributed by atoms with Gasteiger partial charge in [0.1, 0.15) is 0 Å². The number of benzene rings is 1. The van der Waals surface area contributed by atoms with Gasteiger partial charge in [0.15, 0.2) is 0 Å². The van der Waals surface area contributed by atoms with Gasteiger partial charge in [-0.3, -0.25) is 0 Å². The zero-order chi connectivity index (χ0) is 9.64. The van der Waals surface area contributed by atoms with E-state index in [1.807, 2.05) is 6.92 Å². The van der Waals surface area contributed by atoms with Crippen LogP contribution < -0.4 is 5.73 Å². The molecule has 0 aromatic heterocycles. The molecule has 2 heteroatoms. The molecular weight excluding hydrogens is 182 g/mol. The second kappa shape index (κ2) is 2.73. The molecule has 2 rings (SSSR count). The Morgan fingerprint density at radius 3 is 2.46 bits per heavy atom. The fourth-order valence-corrected chi connectivity index (χ4v) is 2.01. The van der Waals surface area contributed by atoms with Gasteiger partial charge in [0.05, 0.1) is 0 Å². The molecule has 70 valence electrons. The molecule has 0 amide bonds. The zero-order valence-electron chi connectivity index (χ0n) is 8.02. The summed E-state index contributed by atoms with van der Waals surface area (Å²) in [4.78, 5) is 0. The minimum atomic E-state index is -0.117. The first-order valence-electron chi connectivity index (χ1n) is 4.59. The molecule has 0 atom stereocenters. The van der Waals surface area contributed by atoms with Crippen molar-refractivity contribution in [2.45, 2.75) is 32.2 Å². The molecule has 1 saturated carbocycles. The molecule has 0 spiro atoms. The summed E-state index contributed by atoms with van der Waals surface area (Å²) in [6.07, 6.45) is 2.13. The number of nitrogens with two attached hydrogens (primary N) is 1. The summed E-state index contributed by atoms with van der Waals surface area (Å²) in [5.41, 5.74) is 9.51. The molecule has 0 saturated heterocycles. The van der Waals surface area contributed by atoms with Crippen molar-refractivity contribution >= 4 is 11.6 Å². The van der Waals surface area contributed by atoms with Gasteiger partial charge < -0.3 is 5.73 Å². The predicted molar refractivity (Wildman–Crippen MR) is 56.0 cm³/mol. The molecule has 0 radical (unpaired) electrons. The molecule has 13 heavy (non-hydrogen) atoms. The van der Waals surface area contributed by atoms with E-state index < -0.39 is 0 Å². The lowest BCUT2D eigenvalue weighted by Crippen LogP contribution is -2.19. The average Bonchev–Trinajstić information content (AvgIpc) is 2.77. The Morgan fingerprint density at radius 1 is 1.31 bits per heavy atom. The van der Waals surface area contributed by atoms with Gasteiger partial charge in [0.2, 0.25) is 0 Å². The summed E-state index contributed by atoms with van der Waals surface area (Å²) >= 11 is 6.21. The van der Waals surface area contributed by atoms with Crippen LogP contribution in [-0.2, 0) is 5.54 Å². The third-order valence-electron chi connectivity index (χ3n) is 2.72. The largest absolute Gasteiger partial charge is 0.321 e. The monoisotopic (exact) mass is 195 g/mol. The smallest absolute Gasteiger partial charge is 0.0485 e. The molecule has 1 aliphatic carbocycles. The summed E-state index contributed by atoms with van der Waals surface area (Å²) in [5, 5.41) is 0.852. The van der Waals surface area contributed by atoms with E-state index >= 15 is 0 Å². The van der Waals surface area contributed by atoms with Crippen LogP contribution in [0.2, 0.25) is 5.02 Å². The SMILES string of the molecule is Cc1cc(C)c(Cl)c(C2(N)CC2)c1. The van der Waals surface area contributed by atoms with E-state index in [4.69, 9.17) is 17.3 Å². The van der Waals surface area contributed by atoms with E-state index in [9.17, 15) is 0 Å². The van der Waals surface area contributed by atoms with E-state index in [2.05, 4.69) is 19.1 Å². The van der Waals surface area contributed by atoms with Gasteiger partial charge >= 0.3 is 0 Å². The molecule has 1 aliphatic rings. The number of hydrogen-bond acceptors (Lipinski definition) is 1. The summed E-state index contributed by atoms with van der Waals surface area (Å²) in [6.45, 7) is 4.11. The number of halogens is 1. The van der Waals surface area contributed by atoms with Crippen molar-refractivity contribution in [2.24, 2.45) is 5.73 Å². The molecule has 0 heterocycles. The second-order valence-corrected chi connectivity index (χ2v) is 4.48. The highest BCUT2D eigenvalue weighted by Crippen LogP contribution is 2.46. The fourth-order valence-electron chi connectivity index (χ4n) is 1.72. The Bertz CT molecular complexity index is 353. The van der Waals surface area contributed by atoms with Gasteiger partial charge in [-0.1, -0.05) is 29.3 Å². The van der Waals surface area contributed by atoms with E-state index in [0.29, 0.717) is 0 Å². The number of rotatable bonds is 1. The van der Waals surface area contributed by atoms with Crippen LogP contribution in [-0.4, -0.2) is 0 Å². The van der Waals surface area contributed by atoms with Crippen LogP contribution in [0.1, 0.15) is 29.5 Å². The van der Waals surface area contributed by atoms with Crippen LogP contribution in [0, 0.1) is 13.8 Å². The summed E-state index contributed by atoms with van der Waals surface area (Å²) in [7, 11) is 0. The van der Waals surface area contributed by atoms with Gasteiger partial charge in [-0.2, -0.15) is 0 Å². The Balaban J connectivity index is 2.56. The molecule has 1 aromatic rings. The van der Waals surface area contributed by atoms with Crippen LogP contribution in [0.3, 0.4) is 0 Å². The molecule has 1 nitrogen and oxygen atoms in total. The molecule has 0 aliphatic heterocycles. The predicted octanol–water partition coefficient (Wildman–Crippen LogP) is 2.90. The first-order valence-corrected chi connectivity index (χ1v) is 4.97. The molecule has 0 unspecified atom stereocenters. The molecule has 2 N–H and O–H groups in total. The summed E-state index contributed by atoms with van der Waals surface area (Å²) < 4.78 is 0. The van der Waals surface area contributed by atoms with Crippen LogP contribution in [0.4, 0.5) is 0 Å². The maximum absolute atomic E-state index is 6.21. The van der Waals surface area contributed by atoms with Crippen LogP contribution >= 0.6 is 11.6 Å². The normalized spacial score (nSPS) is 18.8. The van der Waals surface area contributed by atoms with Crippen molar-refractivity contribution in [1.82, 2.24) is 0 Å². The summed E-state index contributed by atoms with van der Waals surface area (Å²) in [5.74, 6) is 0. The Morgan fingerprint density at radius 2 is 1.92 bits per heavy atom. The Hall–Kier alpha value is -0.530. The topological polar surface area (TPSA) is 26.0 Å². The standard InChI is InChI=1S/C11H14ClN/c1-7-5-8(2)10(12)9(6-7)11(13)3-4-11/h5-6H,3-4,13H2,1-2H3. The highest BCUT2D eigenvalue weighted by Gasteiger charge is 2.41. The first kappa shape index (κ1) is 9.04. The van der Waals surface area contributed by atoms with Crippen molar-refractivity contribution < 1.29 is 0 Å². The highest BCUT2D eigenvalue weighted by molar-refractivity contribution is 6.32.